The van der Waals surface area contributed by atoms with E-state index in [4.69, 9.17) is 0 Å². The fraction of sp³-hybridized carbons (Fsp3) is 0.263. The highest BCUT2D eigenvalue weighted by Crippen LogP contribution is 2.18. The third-order valence-corrected chi connectivity index (χ3v) is 4.15. The van der Waals surface area contributed by atoms with Crippen LogP contribution in [0.5, 0.6) is 0 Å². The van der Waals surface area contributed by atoms with Crippen LogP contribution in [0.4, 0.5) is 0 Å². The topological polar surface area (TPSA) is 49.4 Å². The fourth-order valence-electron chi connectivity index (χ4n) is 2.85. The molecule has 0 unspecified atom stereocenters. The number of fused-ring (bicyclic) bond motifs is 1. The van der Waals surface area contributed by atoms with Gasteiger partial charge in [-0.15, -0.1) is 0 Å². The van der Waals surface area contributed by atoms with E-state index >= 15 is 0 Å². The molecule has 1 heterocycles. The third-order valence-electron chi connectivity index (χ3n) is 4.15. The van der Waals surface area contributed by atoms with E-state index < -0.39 is 11.8 Å². The molecule has 1 aliphatic heterocycles. The molecule has 2 aromatic carbocycles. The Kier molecular flexibility index (Phi) is 4.71. The van der Waals surface area contributed by atoms with Gasteiger partial charge in [-0.2, -0.15) is 0 Å². The number of benzene rings is 2. The first-order valence-electron chi connectivity index (χ1n) is 7.92. The van der Waals surface area contributed by atoms with Crippen LogP contribution in [-0.2, 0) is 29.0 Å². The zero-order valence-electron chi connectivity index (χ0n) is 13.0. The number of hydrogen-bond donors (Lipinski definition) is 1. The van der Waals surface area contributed by atoms with Crippen molar-refractivity contribution in [2.75, 3.05) is 13.1 Å². The molecule has 0 atom stereocenters. The smallest absolute Gasteiger partial charge is 0.312 e. The summed E-state index contributed by atoms with van der Waals surface area (Å²) in [5.41, 5.74) is 3.54. The molecule has 2 aromatic rings. The third kappa shape index (κ3) is 3.77. The molecule has 3 rings (SSSR count). The molecule has 118 valence electrons. The Bertz CT molecular complexity index is 698. The quantitative estimate of drug-likeness (QED) is 0.881. The van der Waals surface area contributed by atoms with E-state index in [1.165, 1.54) is 5.56 Å². The van der Waals surface area contributed by atoms with Gasteiger partial charge in [0.05, 0.1) is 0 Å². The van der Waals surface area contributed by atoms with Gasteiger partial charge >= 0.3 is 11.8 Å². The van der Waals surface area contributed by atoms with Gasteiger partial charge < -0.3 is 10.2 Å². The predicted octanol–water partition coefficient (Wildman–Crippen LogP) is 1.93. The molecule has 4 heteroatoms. The van der Waals surface area contributed by atoms with Crippen LogP contribution in [0, 0.1) is 0 Å². The predicted molar refractivity (Wildman–Crippen MR) is 88.7 cm³/mol. The van der Waals surface area contributed by atoms with Crippen LogP contribution in [-0.4, -0.2) is 29.8 Å². The molecule has 0 aromatic heterocycles. The molecule has 1 aliphatic rings. The second-order valence-electron chi connectivity index (χ2n) is 5.74. The Hall–Kier alpha value is -2.62. The lowest BCUT2D eigenvalue weighted by atomic mass is 10.00. The number of hydrogen-bond acceptors (Lipinski definition) is 2. The number of carbonyl (C=O) groups is 2. The number of amides is 2. The van der Waals surface area contributed by atoms with E-state index in [-0.39, 0.29) is 0 Å². The van der Waals surface area contributed by atoms with E-state index in [0.29, 0.717) is 19.6 Å². The number of nitrogens with one attached hydrogen (secondary N) is 1. The minimum Gasteiger partial charge on any atom is -0.347 e. The van der Waals surface area contributed by atoms with Gasteiger partial charge in [0.25, 0.3) is 0 Å². The van der Waals surface area contributed by atoms with Crippen molar-refractivity contribution in [2.24, 2.45) is 0 Å². The summed E-state index contributed by atoms with van der Waals surface area (Å²) in [4.78, 5) is 25.9. The Morgan fingerprint density at radius 1 is 0.957 bits per heavy atom. The Morgan fingerprint density at radius 3 is 2.43 bits per heavy atom. The van der Waals surface area contributed by atoms with Gasteiger partial charge in [-0.05, 0) is 29.5 Å². The second-order valence-corrected chi connectivity index (χ2v) is 5.74. The lowest BCUT2D eigenvalue weighted by Crippen LogP contribution is -2.45. The summed E-state index contributed by atoms with van der Waals surface area (Å²) in [6, 6.07) is 18.0. The van der Waals surface area contributed by atoms with E-state index in [1.807, 2.05) is 48.5 Å². The largest absolute Gasteiger partial charge is 0.347 e. The maximum absolute atomic E-state index is 12.3. The van der Waals surface area contributed by atoms with E-state index in [2.05, 4.69) is 11.4 Å². The fourth-order valence-corrected chi connectivity index (χ4v) is 2.85. The molecule has 0 saturated carbocycles. The van der Waals surface area contributed by atoms with Crippen molar-refractivity contribution in [3.8, 4) is 0 Å². The zero-order chi connectivity index (χ0) is 16.1. The average Bonchev–Trinajstić information content (AvgIpc) is 2.61. The van der Waals surface area contributed by atoms with Crippen LogP contribution in [0.25, 0.3) is 0 Å². The molecule has 0 bridgehead atoms. The molecule has 23 heavy (non-hydrogen) atoms. The van der Waals surface area contributed by atoms with Gasteiger partial charge in [0, 0.05) is 19.6 Å². The molecule has 1 N–H and O–H groups in total. The van der Waals surface area contributed by atoms with E-state index in [0.717, 1.165) is 24.0 Å². The molecular formula is C19H20N2O2. The first-order valence-corrected chi connectivity index (χ1v) is 7.92. The van der Waals surface area contributed by atoms with Crippen molar-refractivity contribution < 1.29 is 9.59 Å². The molecule has 0 radical (unpaired) electrons. The standard InChI is InChI=1S/C19H20N2O2/c22-18(20-12-10-15-6-2-1-3-7-15)19(23)21-13-11-16-8-4-5-9-17(16)14-21/h1-9H,10-14H2,(H,20,22). The summed E-state index contributed by atoms with van der Waals surface area (Å²) in [5.74, 6) is -0.951. The average molecular weight is 308 g/mol. The van der Waals surface area contributed by atoms with Crippen LogP contribution in [0.2, 0.25) is 0 Å². The summed E-state index contributed by atoms with van der Waals surface area (Å²) < 4.78 is 0. The van der Waals surface area contributed by atoms with Gasteiger partial charge in [-0.1, -0.05) is 54.6 Å². The molecule has 0 spiro atoms. The molecule has 0 fully saturated rings. The van der Waals surface area contributed by atoms with Crippen molar-refractivity contribution >= 4 is 11.8 Å². The van der Waals surface area contributed by atoms with Gasteiger partial charge in [0.2, 0.25) is 0 Å². The monoisotopic (exact) mass is 308 g/mol. The van der Waals surface area contributed by atoms with Crippen LogP contribution < -0.4 is 5.32 Å². The van der Waals surface area contributed by atoms with Crippen LogP contribution >= 0.6 is 0 Å². The summed E-state index contributed by atoms with van der Waals surface area (Å²) >= 11 is 0. The molecule has 2 amide bonds. The molecule has 0 aliphatic carbocycles. The van der Waals surface area contributed by atoms with Gasteiger partial charge in [0.15, 0.2) is 0 Å². The highest BCUT2D eigenvalue weighted by Gasteiger charge is 2.25. The first-order chi connectivity index (χ1) is 11.2. The normalized spacial score (nSPS) is 13.3. The molecule has 4 nitrogen and oxygen atoms in total. The number of carbonyl (C=O) groups excluding carboxylic acids is 2. The van der Waals surface area contributed by atoms with Crippen molar-refractivity contribution in [2.45, 2.75) is 19.4 Å². The summed E-state index contributed by atoms with van der Waals surface area (Å²) in [5, 5.41) is 2.72. The van der Waals surface area contributed by atoms with Gasteiger partial charge in [0.1, 0.15) is 0 Å². The minimum atomic E-state index is -0.514. The van der Waals surface area contributed by atoms with Crippen molar-refractivity contribution in [1.29, 1.82) is 0 Å². The Morgan fingerprint density at radius 2 is 1.65 bits per heavy atom. The first kappa shape index (κ1) is 15.3. The highest BCUT2D eigenvalue weighted by atomic mass is 16.2. The molecular weight excluding hydrogens is 288 g/mol. The van der Waals surface area contributed by atoms with Gasteiger partial charge in [-0.3, -0.25) is 9.59 Å². The maximum Gasteiger partial charge on any atom is 0.312 e. The number of rotatable bonds is 3. The highest BCUT2D eigenvalue weighted by molar-refractivity contribution is 6.35. The maximum atomic E-state index is 12.3. The zero-order valence-corrected chi connectivity index (χ0v) is 13.0. The SMILES string of the molecule is O=C(NCCc1ccccc1)C(=O)N1CCc2ccccc2C1. The molecule has 0 saturated heterocycles. The van der Waals surface area contributed by atoms with Crippen LogP contribution in [0.3, 0.4) is 0 Å². The van der Waals surface area contributed by atoms with Gasteiger partial charge in [-0.25, -0.2) is 0 Å². The summed E-state index contributed by atoms with van der Waals surface area (Å²) in [7, 11) is 0. The van der Waals surface area contributed by atoms with E-state index in [1.54, 1.807) is 4.90 Å². The van der Waals surface area contributed by atoms with Crippen molar-refractivity contribution in [1.82, 2.24) is 10.2 Å². The lowest BCUT2D eigenvalue weighted by Gasteiger charge is -2.28. The van der Waals surface area contributed by atoms with Crippen LogP contribution in [0.15, 0.2) is 54.6 Å². The lowest BCUT2D eigenvalue weighted by molar-refractivity contribution is -0.146. The Balaban J connectivity index is 1.51. The van der Waals surface area contributed by atoms with Crippen molar-refractivity contribution in [3.63, 3.8) is 0 Å². The van der Waals surface area contributed by atoms with E-state index in [9.17, 15) is 9.59 Å². The van der Waals surface area contributed by atoms with Crippen molar-refractivity contribution in [3.05, 3.63) is 71.3 Å². The summed E-state index contributed by atoms with van der Waals surface area (Å²) in [6.45, 7) is 1.59. The Labute approximate surface area is 136 Å². The minimum absolute atomic E-state index is 0.437. The summed E-state index contributed by atoms with van der Waals surface area (Å²) in [6.07, 6.45) is 1.53. The number of nitrogens with zero attached hydrogens (tertiary/aromatic N) is 1. The van der Waals surface area contributed by atoms with Crippen LogP contribution in [0.1, 0.15) is 16.7 Å². The second kappa shape index (κ2) is 7.09.